The molecule has 0 N–H and O–H groups in total. The first-order valence-corrected chi connectivity index (χ1v) is 15.6. The first-order chi connectivity index (χ1) is 21.9. The van der Waals surface area contributed by atoms with E-state index in [2.05, 4.69) is 0 Å². The predicted molar refractivity (Wildman–Crippen MR) is 170 cm³/mol. The SMILES string of the molecule is COc1ccc(CCOc2ccc([C@H]3CC(=O)Oc4cc5c(c(OC)c43)C(=O)O[C@H](C)CCCC(=O)CCCC=C5)cc2)cc1. The molecule has 2 heterocycles. The van der Waals surface area contributed by atoms with Gasteiger partial charge in [0.1, 0.15) is 34.3 Å². The molecule has 0 saturated heterocycles. The maximum absolute atomic E-state index is 13.7. The minimum Gasteiger partial charge on any atom is -0.497 e. The molecule has 8 nitrogen and oxygen atoms in total. The third-order valence-corrected chi connectivity index (χ3v) is 8.26. The van der Waals surface area contributed by atoms with Gasteiger partial charge in [0.05, 0.1) is 33.4 Å². The molecule has 0 bridgehead atoms. The summed E-state index contributed by atoms with van der Waals surface area (Å²) in [5.74, 6) is 1.17. The van der Waals surface area contributed by atoms with Crippen LogP contribution in [0.1, 0.15) is 90.4 Å². The van der Waals surface area contributed by atoms with Crippen molar-refractivity contribution in [2.75, 3.05) is 20.8 Å². The molecule has 0 aliphatic carbocycles. The zero-order chi connectivity index (χ0) is 31.8. The average molecular weight is 613 g/mol. The molecule has 45 heavy (non-hydrogen) atoms. The first kappa shape index (κ1) is 31.8. The van der Waals surface area contributed by atoms with E-state index in [0.29, 0.717) is 72.6 Å². The standard InChI is InChI=1S/C37H40O8/c1-24-8-7-11-28(38)10-6-4-5-9-27-22-32-35(36(42-3)34(27)37(40)44-24)31(23-33(39)45-32)26-14-18-30(19-15-26)43-21-20-25-12-16-29(41-2)17-13-25/h5,9,12-19,22,24,31H,4,6-8,10-11,20-21,23H2,1-3H3/t24-,31-/m1/s1. The van der Waals surface area contributed by atoms with Crippen molar-refractivity contribution in [2.45, 2.75) is 70.3 Å². The average Bonchev–Trinajstić information content (AvgIpc) is 3.03. The highest BCUT2D eigenvalue weighted by molar-refractivity contribution is 5.99. The van der Waals surface area contributed by atoms with Crippen LogP contribution < -0.4 is 18.9 Å². The van der Waals surface area contributed by atoms with Gasteiger partial charge in [0.25, 0.3) is 0 Å². The number of hydrogen-bond acceptors (Lipinski definition) is 8. The summed E-state index contributed by atoms with van der Waals surface area (Å²) >= 11 is 0. The van der Waals surface area contributed by atoms with E-state index in [1.165, 1.54) is 7.11 Å². The summed E-state index contributed by atoms with van der Waals surface area (Å²) in [6.07, 6.45) is 7.86. The minimum atomic E-state index is -0.513. The Labute approximate surface area is 264 Å². The quantitative estimate of drug-likeness (QED) is 0.203. The second-order valence-corrected chi connectivity index (χ2v) is 11.5. The van der Waals surface area contributed by atoms with Crippen molar-refractivity contribution in [3.05, 3.63) is 88.5 Å². The van der Waals surface area contributed by atoms with Gasteiger partial charge in [-0.15, -0.1) is 0 Å². The molecule has 2 aliphatic rings. The van der Waals surface area contributed by atoms with Crippen molar-refractivity contribution in [3.63, 3.8) is 0 Å². The molecular formula is C37H40O8. The van der Waals surface area contributed by atoms with Gasteiger partial charge in [0.15, 0.2) is 0 Å². The third kappa shape index (κ3) is 7.93. The second kappa shape index (κ2) is 14.9. The number of esters is 2. The largest absolute Gasteiger partial charge is 0.497 e. The number of cyclic esters (lactones) is 1. The molecule has 0 aromatic heterocycles. The van der Waals surface area contributed by atoms with Gasteiger partial charge in [-0.05, 0) is 79.6 Å². The van der Waals surface area contributed by atoms with Crippen molar-refractivity contribution >= 4 is 23.8 Å². The molecule has 3 aromatic carbocycles. The molecule has 2 atom stereocenters. The Kier molecular flexibility index (Phi) is 10.6. The van der Waals surface area contributed by atoms with E-state index in [1.807, 2.05) is 67.6 Å². The molecule has 0 spiro atoms. The number of carbonyl (C=O) groups is 3. The zero-order valence-electron chi connectivity index (χ0n) is 26.1. The van der Waals surface area contributed by atoms with Crippen molar-refractivity contribution in [3.8, 4) is 23.0 Å². The highest BCUT2D eigenvalue weighted by Gasteiger charge is 2.36. The monoisotopic (exact) mass is 612 g/mol. The van der Waals surface area contributed by atoms with Crippen molar-refractivity contribution in [2.24, 2.45) is 0 Å². The Balaban J connectivity index is 1.42. The van der Waals surface area contributed by atoms with Gasteiger partial charge < -0.3 is 23.7 Å². The second-order valence-electron chi connectivity index (χ2n) is 11.5. The van der Waals surface area contributed by atoms with E-state index in [4.69, 9.17) is 23.7 Å². The van der Waals surface area contributed by atoms with Crippen molar-refractivity contribution in [1.29, 1.82) is 0 Å². The fourth-order valence-corrected chi connectivity index (χ4v) is 5.87. The van der Waals surface area contributed by atoms with Gasteiger partial charge >= 0.3 is 11.9 Å². The lowest BCUT2D eigenvalue weighted by Crippen LogP contribution is -2.24. The van der Waals surface area contributed by atoms with Gasteiger partial charge in [-0.1, -0.05) is 36.4 Å². The normalized spacial score (nSPS) is 19.0. The Morgan fingerprint density at radius 3 is 2.36 bits per heavy atom. The molecular weight excluding hydrogens is 572 g/mol. The molecule has 3 aromatic rings. The number of benzene rings is 3. The Morgan fingerprint density at radius 2 is 1.62 bits per heavy atom. The molecule has 8 heteroatoms. The van der Waals surface area contributed by atoms with E-state index in [0.717, 1.165) is 29.7 Å². The fraction of sp³-hybridized carbons (Fsp3) is 0.378. The zero-order valence-corrected chi connectivity index (χ0v) is 26.1. The van der Waals surface area contributed by atoms with Crippen LogP contribution >= 0.6 is 0 Å². The van der Waals surface area contributed by atoms with Gasteiger partial charge in [-0.3, -0.25) is 9.59 Å². The highest BCUT2D eigenvalue weighted by atomic mass is 16.5. The van der Waals surface area contributed by atoms with Crippen LogP contribution in [0.15, 0.2) is 60.7 Å². The summed E-state index contributed by atoms with van der Waals surface area (Å²) in [6.45, 7) is 2.34. The number of hydrogen-bond donors (Lipinski definition) is 0. The minimum absolute atomic E-state index is 0.0924. The molecule has 5 rings (SSSR count). The molecule has 2 aliphatic heterocycles. The topological polar surface area (TPSA) is 97.4 Å². The Hall–Kier alpha value is -4.59. The third-order valence-electron chi connectivity index (χ3n) is 8.26. The maximum Gasteiger partial charge on any atom is 0.342 e. The van der Waals surface area contributed by atoms with Crippen LogP contribution in [-0.2, 0) is 20.7 Å². The lowest BCUT2D eigenvalue weighted by molar-refractivity contribution is -0.135. The Bertz CT molecular complexity index is 1540. The van der Waals surface area contributed by atoms with E-state index in [-0.39, 0.29) is 24.3 Å². The summed E-state index contributed by atoms with van der Waals surface area (Å²) in [7, 11) is 3.16. The number of fused-ring (bicyclic) bond motifs is 2. The number of carbonyl (C=O) groups excluding carboxylic acids is 3. The van der Waals surface area contributed by atoms with E-state index >= 15 is 0 Å². The van der Waals surface area contributed by atoms with E-state index in [9.17, 15) is 14.4 Å². The molecule has 0 unspecified atom stereocenters. The highest BCUT2D eigenvalue weighted by Crippen LogP contribution is 2.47. The molecule has 236 valence electrons. The molecule has 0 amide bonds. The number of Topliss-reactive ketones (excluding diaryl/α,β-unsaturated/α-hetero) is 1. The molecule has 0 saturated carbocycles. The number of ketones is 1. The summed E-state index contributed by atoms with van der Waals surface area (Å²) < 4.78 is 28.7. The number of allylic oxidation sites excluding steroid dienone is 1. The lowest BCUT2D eigenvalue weighted by atomic mass is 9.83. The maximum atomic E-state index is 13.7. The summed E-state index contributed by atoms with van der Waals surface area (Å²) in [4.78, 5) is 38.7. The number of ether oxygens (including phenoxy) is 5. The van der Waals surface area contributed by atoms with Gasteiger partial charge in [-0.25, -0.2) is 4.79 Å². The van der Waals surface area contributed by atoms with Crippen molar-refractivity contribution in [1.82, 2.24) is 0 Å². The van der Waals surface area contributed by atoms with Crippen LogP contribution in [0.3, 0.4) is 0 Å². The van der Waals surface area contributed by atoms with Gasteiger partial charge in [0.2, 0.25) is 0 Å². The lowest BCUT2D eigenvalue weighted by Gasteiger charge is -2.29. The first-order valence-electron chi connectivity index (χ1n) is 15.6. The van der Waals surface area contributed by atoms with Gasteiger partial charge in [-0.2, -0.15) is 0 Å². The van der Waals surface area contributed by atoms with Gasteiger partial charge in [0, 0.05) is 30.7 Å². The molecule has 0 radical (unpaired) electrons. The fourth-order valence-electron chi connectivity index (χ4n) is 5.87. The smallest absolute Gasteiger partial charge is 0.342 e. The number of methoxy groups -OCH3 is 2. The van der Waals surface area contributed by atoms with Crippen LogP contribution in [0.25, 0.3) is 6.08 Å². The van der Waals surface area contributed by atoms with Crippen LogP contribution in [0.4, 0.5) is 0 Å². The predicted octanol–water partition coefficient (Wildman–Crippen LogP) is 7.25. The van der Waals surface area contributed by atoms with E-state index < -0.39 is 11.9 Å². The summed E-state index contributed by atoms with van der Waals surface area (Å²) in [5, 5.41) is 0. The van der Waals surface area contributed by atoms with Crippen molar-refractivity contribution < 1.29 is 38.1 Å². The van der Waals surface area contributed by atoms with Crippen LogP contribution in [0.2, 0.25) is 0 Å². The number of rotatable bonds is 7. The van der Waals surface area contributed by atoms with Crippen LogP contribution in [0.5, 0.6) is 23.0 Å². The molecule has 0 fully saturated rings. The summed E-state index contributed by atoms with van der Waals surface area (Å²) in [6, 6.07) is 17.3. The van der Waals surface area contributed by atoms with E-state index in [1.54, 1.807) is 13.2 Å². The Morgan fingerprint density at radius 1 is 0.889 bits per heavy atom. The van der Waals surface area contributed by atoms with Crippen LogP contribution in [-0.4, -0.2) is 44.7 Å². The van der Waals surface area contributed by atoms with Crippen LogP contribution in [0, 0.1) is 0 Å². The summed E-state index contributed by atoms with van der Waals surface area (Å²) in [5.41, 5.74) is 3.49.